The fraction of sp³-hybridized carbons (Fsp3) is 0.474. The van der Waals surface area contributed by atoms with Crippen LogP contribution >= 0.6 is 24.0 Å². The molecule has 6 nitrogen and oxygen atoms in total. The smallest absolute Gasteiger partial charge is 0.274 e. The maximum atomic E-state index is 12.8. The van der Waals surface area contributed by atoms with Gasteiger partial charge in [0.1, 0.15) is 17.5 Å². The van der Waals surface area contributed by atoms with E-state index in [0.29, 0.717) is 35.6 Å². The molecule has 1 aromatic heterocycles. The lowest BCUT2D eigenvalue weighted by molar-refractivity contribution is 0.0765. The molecule has 1 N–H and O–H groups in total. The molecule has 2 aromatic rings. The largest absolute Gasteiger partial charge is 0.487 e. The predicted molar refractivity (Wildman–Crippen MR) is 107 cm³/mol. The lowest BCUT2D eigenvalue weighted by Gasteiger charge is -2.23. The zero-order valence-corrected chi connectivity index (χ0v) is 16.6. The van der Waals surface area contributed by atoms with Crippen LogP contribution in [0.3, 0.4) is 0 Å². The molecule has 2 aliphatic rings. The molecule has 2 unspecified atom stereocenters. The second-order valence-electron chi connectivity index (χ2n) is 6.89. The first-order chi connectivity index (χ1) is 12.7. The lowest BCUT2D eigenvalue weighted by atomic mass is 10.1. The molecule has 8 heteroatoms. The maximum absolute atomic E-state index is 12.8. The monoisotopic (exact) mass is 410 g/mol. The Kier molecular flexibility index (Phi) is 6.63. The number of piperidine rings is 1. The summed E-state index contributed by atoms with van der Waals surface area (Å²) in [6, 6.07) is 9.58. The van der Waals surface area contributed by atoms with Crippen LogP contribution in [0, 0.1) is 0 Å². The molecule has 0 aliphatic carbocycles. The summed E-state index contributed by atoms with van der Waals surface area (Å²) in [7, 11) is 0. The van der Waals surface area contributed by atoms with Crippen LogP contribution in [-0.2, 0) is 0 Å². The Balaban J connectivity index is 0.00000210. The Bertz CT molecular complexity index is 777. The van der Waals surface area contributed by atoms with Gasteiger partial charge >= 0.3 is 0 Å². The van der Waals surface area contributed by atoms with E-state index < -0.39 is 0 Å². The number of likely N-dealkylation sites (tertiary alicyclic amines) is 1. The van der Waals surface area contributed by atoms with Crippen LogP contribution in [0.15, 0.2) is 36.5 Å². The van der Waals surface area contributed by atoms with Gasteiger partial charge in [0.15, 0.2) is 0 Å². The average Bonchev–Trinajstić information content (AvgIpc) is 3.34. The van der Waals surface area contributed by atoms with Crippen molar-refractivity contribution in [3.05, 3.63) is 47.2 Å². The van der Waals surface area contributed by atoms with Gasteiger partial charge in [0.2, 0.25) is 0 Å². The van der Waals surface area contributed by atoms with Gasteiger partial charge < -0.3 is 15.0 Å². The molecular weight excluding hydrogens is 387 g/mol. The van der Waals surface area contributed by atoms with Gasteiger partial charge in [-0.25, -0.2) is 0 Å². The first-order valence-electron chi connectivity index (χ1n) is 9.17. The van der Waals surface area contributed by atoms with Crippen molar-refractivity contribution in [1.82, 2.24) is 20.0 Å². The SMILES string of the molecule is Cl.O=C(c1ccn(C2CCCNC2)n1)N1CCC(Oc2ccccc2Cl)C1. The predicted octanol–water partition coefficient (Wildman–Crippen LogP) is 3.18. The van der Waals surface area contributed by atoms with Crippen LogP contribution in [0.4, 0.5) is 0 Å². The van der Waals surface area contributed by atoms with E-state index >= 15 is 0 Å². The Morgan fingerprint density at radius 2 is 2.11 bits per heavy atom. The highest BCUT2D eigenvalue weighted by Crippen LogP contribution is 2.27. The van der Waals surface area contributed by atoms with E-state index in [4.69, 9.17) is 16.3 Å². The van der Waals surface area contributed by atoms with E-state index in [1.54, 1.807) is 0 Å². The Morgan fingerprint density at radius 3 is 2.89 bits per heavy atom. The third-order valence-electron chi connectivity index (χ3n) is 5.03. The van der Waals surface area contributed by atoms with Gasteiger partial charge in [-0.05, 0) is 37.6 Å². The van der Waals surface area contributed by atoms with E-state index in [9.17, 15) is 4.79 Å². The molecule has 0 spiro atoms. The van der Waals surface area contributed by atoms with Crippen molar-refractivity contribution in [3.63, 3.8) is 0 Å². The molecule has 146 valence electrons. The lowest BCUT2D eigenvalue weighted by Crippen LogP contribution is -2.33. The molecule has 2 saturated heterocycles. The summed E-state index contributed by atoms with van der Waals surface area (Å²) in [5.74, 6) is 0.639. The molecule has 3 heterocycles. The van der Waals surface area contributed by atoms with Crippen molar-refractivity contribution < 1.29 is 9.53 Å². The number of ether oxygens (including phenoxy) is 1. The molecule has 0 bridgehead atoms. The van der Waals surface area contributed by atoms with Crippen molar-refractivity contribution in [1.29, 1.82) is 0 Å². The number of carbonyl (C=O) groups excluding carboxylic acids is 1. The number of para-hydroxylation sites is 1. The van der Waals surface area contributed by atoms with E-state index in [-0.39, 0.29) is 24.4 Å². The first kappa shape index (κ1) is 20.0. The van der Waals surface area contributed by atoms with Crippen LogP contribution in [-0.4, -0.2) is 52.9 Å². The quantitative estimate of drug-likeness (QED) is 0.840. The highest BCUT2D eigenvalue weighted by molar-refractivity contribution is 6.32. The highest BCUT2D eigenvalue weighted by atomic mass is 35.5. The van der Waals surface area contributed by atoms with Gasteiger partial charge in [-0.2, -0.15) is 5.10 Å². The number of amides is 1. The summed E-state index contributed by atoms with van der Waals surface area (Å²) in [5.41, 5.74) is 0.508. The third-order valence-corrected chi connectivity index (χ3v) is 5.35. The molecule has 2 atom stereocenters. The van der Waals surface area contributed by atoms with Gasteiger partial charge in [-0.3, -0.25) is 9.48 Å². The molecule has 0 radical (unpaired) electrons. The molecule has 1 aromatic carbocycles. The van der Waals surface area contributed by atoms with Crippen LogP contribution in [0.2, 0.25) is 5.02 Å². The zero-order valence-electron chi connectivity index (χ0n) is 15.0. The summed E-state index contributed by atoms with van der Waals surface area (Å²) < 4.78 is 7.89. The van der Waals surface area contributed by atoms with Gasteiger partial charge in [0.05, 0.1) is 17.6 Å². The van der Waals surface area contributed by atoms with Gasteiger partial charge in [-0.1, -0.05) is 23.7 Å². The summed E-state index contributed by atoms with van der Waals surface area (Å²) in [6.45, 7) is 3.20. The van der Waals surface area contributed by atoms with Crippen LogP contribution < -0.4 is 10.1 Å². The summed E-state index contributed by atoms with van der Waals surface area (Å²) in [6.07, 6.45) is 4.91. The summed E-state index contributed by atoms with van der Waals surface area (Å²) in [4.78, 5) is 14.6. The number of nitrogens with one attached hydrogen (secondary N) is 1. The number of nitrogens with zero attached hydrogens (tertiary/aromatic N) is 3. The van der Waals surface area contributed by atoms with Crippen molar-refractivity contribution >= 4 is 29.9 Å². The molecule has 27 heavy (non-hydrogen) atoms. The van der Waals surface area contributed by atoms with Crippen LogP contribution in [0.1, 0.15) is 35.8 Å². The second kappa shape index (κ2) is 8.95. The number of rotatable bonds is 4. The van der Waals surface area contributed by atoms with E-state index in [1.807, 2.05) is 46.1 Å². The topological polar surface area (TPSA) is 59.4 Å². The average molecular weight is 411 g/mol. The number of benzene rings is 1. The Morgan fingerprint density at radius 1 is 1.26 bits per heavy atom. The number of aromatic nitrogens is 2. The van der Waals surface area contributed by atoms with Crippen molar-refractivity contribution in [2.24, 2.45) is 0 Å². The van der Waals surface area contributed by atoms with Crippen LogP contribution in [0.5, 0.6) is 5.75 Å². The van der Waals surface area contributed by atoms with Gasteiger partial charge in [-0.15, -0.1) is 12.4 Å². The normalized spacial score (nSPS) is 22.3. The van der Waals surface area contributed by atoms with E-state index in [0.717, 1.165) is 32.4 Å². The second-order valence-corrected chi connectivity index (χ2v) is 7.30. The number of hydrogen-bond acceptors (Lipinski definition) is 4. The molecule has 4 rings (SSSR count). The van der Waals surface area contributed by atoms with Crippen molar-refractivity contribution in [2.45, 2.75) is 31.4 Å². The minimum atomic E-state index is -0.0384. The molecular formula is C19H24Cl2N4O2. The number of carbonyl (C=O) groups is 1. The summed E-state index contributed by atoms with van der Waals surface area (Å²) >= 11 is 6.15. The Labute approximate surface area is 170 Å². The first-order valence-corrected chi connectivity index (χ1v) is 9.55. The highest BCUT2D eigenvalue weighted by Gasteiger charge is 2.30. The van der Waals surface area contributed by atoms with Crippen molar-refractivity contribution in [2.75, 3.05) is 26.2 Å². The molecule has 0 saturated carbocycles. The van der Waals surface area contributed by atoms with E-state index in [1.165, 1.54) is 0 Å². The zero-order chi connectivity index (χ0) is 17.9. The molecule has 2 fully saturated rings. The minimum absolute atomic E-state index is 0. The fourth-order valence-electron chi connectivity index (χ4n) is 3.61. The fourth-order valence-corrected chi connectivity index (χ4v) is 3.79. The summed E-state index contributed by atoms with van der Waals surface area (Å²) in [5, 5.41) is 8.50. The standard InChI is InChI=1S/C19H23ClN4O2.ClH/c20-16-5-1-2-6-18(16)26-15-7-10-23(13-15)19(25)17-8-11-24(22-17)14-4-3-9-21-12-14;/h1-2,5-6,8,11,14-15,21H,3-4,7,9-10,12-13H2;1H. The number of hydrogen-bond donors (Lipinski definition) is 1. The Hall–Kier alpha value is -1.76. The third kappa shape index (κ3) is 4.57. The van der Waals surface area contributed by atoms with Gasteiger partial charge in [0.25, 0.3) is 5.91 Å². The van der Waals surface area contributed by atoms with E-state index in [2.05, 4.69) is 10.4 Å². The minimum Gasteiger partial charge on any atom is -0.487 e. The van der Waals surface area contributed by atoms with Crippen molar-refractivity contribution in [3.8, 4) is 5.75 Å². The molecule has 1 amide bonds. The van der Waals surface area contributed by atoms with Crippen LogP contribution in [0.25, 0.3) is 0 Å². The maximum Gasteiger partial charge on any atom is 0.274 e. The number of halogens is 2. The molecule has 2 aliphatic heterocycles. The van der Waals surface area contributed by atoms with Gasteiger partial charge in [0, 0.05) is 25.7 Å².